The van der Waals surface area contributed by atoms with Crippen LogP contribution in [0.3, 0.4) is 0 Å². The highest BCUT2D eigenvalue weighted by atomic mass is 16.5. The van der Waals surface area contributed by atoms with Gasteiger partial charge in [0.25, 0.3) is 0 Å². The van der Waals surface area contributed by atoms with Gasteiger partial charge in [0, 0.05) is 0 Å². The minimum Gasteiger partial charge on any atom is -0.390 e. The fourth-order valence-electron chi connectivity index (χ4n) is 2.18. The molecule has 1 saturated carbocycles. The summed E-state index contributed by atoms with van der Waals surface area (Å²) in [6, 6.07) is 10.4. The number of rotatable bonds is 4. The predicted octanol–water partition coefficient (Wildman–Crippen LogP) is 2.97. The molecule has 0 spiro atoms. The maximum atomic E-state index is 10.1. The Morgan fingerprint density at radius 2 is 1.94 bits per heavy atom. The van der Waals surface area contributed by atoms with Crippen LogP contribution >= 0.6 is 0 Å². The number of hydrogen-bond donors (Lipinski definition) is 1. The van der Waals surface area contributed by atoms with E-state index < -0.39 is 0 Å². The molecule has 0 radical (unpaired) electrons. The van der Waals surface area contributed by atoms with Gasteiger partial charge in [0.2, 0.25) is 0 Å². The van der Waals surface area contributed by atoms with Crippen molar-refractivity contribution in [2.75, 3.05) is 6.61 Å². The van der Waals surface area contributed by atoms with E-state index in [0.717, 1.165) is 6.42 Å². The van der Waals surface area contributed by atoms with Crippen molar-refractivity contribution in [3.05, 3.63) is 35.9 Å². The molecule has 1 fully saturated rings. The maximum absolute atomic E-state index is 10.1. The summed E-state index contributed by atoms with van der Waals surface area (Å²) in [6.45, 7) is 6.49. The van der Waals surface area contributed by atoms with Gasteiger partial charge >= 0.3 is 0 Å². The number of aliphatic hydroxyl groups excluding tert-OH is 1. The molecule has 17 heavy (non-hydrogen) atoms. The van der Waals surface area contributed by atoms with Crippen LogP contribution in [0.15, 0.2) is 30.3 Å². The highest BCUT2D eigenvalue weighted by molar-refractivity contribution is 5.26. The van der Waals surface area contributed by atoms with Crippen LogP contribution in [-0.4, -0.2) is 23.4 Å². The van der Waals surface area contributed by atoms with Gasteiger partial charge in [-0.05, 0) is 44.6 Å². The predicted molar refractivity (Wildman–Crippen MR) is 69.0 cm³/mol. The fourth-order valence-corrected chi connectivity index (χ4v) is 2.18. The molecule has 3 atom stereocenters. The molecule has 0 amide bonds. The SMILES string of the molecule is CC(C)(C)OCC(O)C1CC1c1ccccc1. The summed E-state index contributed by atoms with van der Waals surface area (Å²) in [4.78, 5) is 0. The molecular weight excluding hydrogens is 212 g/mol. The Morgan fingerprint density at radius 3 is 2.53 bits per heavy atom. The average Bonchev–Trinajstić information content (AvgIpc) is 3.06. The Hall–Kier alpha value is -0.860. The normalized spacial score (nSPS) is 25.6. The van der Waals surface area contributed by atoms with Crippen LogP contribution in [0.2, 0.25) is 0 Å². The summed E-state index contributed by atoms with van der Waals surface area (Å²) in [7, 11) is 0. The van der Waals surface area contributed by atoms with E-state index in [9.17, 15) is 5.11 Å². The molecule has 0 aliphatic heterocycles. The molecule has 0 aromatic heterocycles. The molecule has 0 heterocycles. The molecule has 2 nitrogen and oxygen atoms in total. The van der Waals surface area contributed by atoms with Gasteiger partial charge in [0.15, 0.2) is 0 Å². The van der Waals surface area contributed by atoms with Crippen molar-refractivity contribution in [3.63, 3.8) is 0 Å². The molecule has 94 valence electrons. The Morgan fingerprint density at radius 1 is 1.29 bits per heavy atom. The quantitative estimate of drug-likeness (QED) is 0.868. The van der Waals surface area contributed by atoms with E-state index in [1.165, 1.54) is 5.56 Å². The van der Waals surface area contributed by atoms with Gasteiger partial charge in [-0.25, -0.2) is 0 Å². The Labute approximate surface area is 104 Å². The maximum Gasteiger partial charge on any atom is 0.0808 e. The van der Waals surface area contributed by atoms with E-state index in [-0.39, 0.29) is 11.7 Å². The summed E-state index contributed by atoms with van der Waals surface area (Å²) in [6.07, 6.45) is 0.748. The van der Waals surface area contributed by atoms with Crippen molar-refractivity contribution < 1.29 is 9.84 Å². The molecule has 3 unspecified atom stereocenters. The summed E-state index contributed by atoms with van der Waals surface area (Å²) in [5.74, 6) is 0.898. The Balaban J connectivity index is 1.83. The Kier molecular flexibility index (Phi) is 3.55. The summed E-state index contributed by atoms with van der Waals surface area (Å²) in [5, 5.41) is 10.1. The molecule has 2 heteroatoms. The van der Waals surface area contributed by atoms with E-state index in [2.05, 4.69) is 24.3 Å². The third-order valence-electron chi connectivity index (χ3n) is 3.25. The molecule has 0 saturated heterocycles. The standard InChI is InChI=1S/C15H22O2/c1-15(2,3)17-10-14(16)13-9-12(13)11-7-5-4-6-8-11/h4-8,12-14,16H,9-10H2,1-3H3. The van der Waals surface area contributed by atoms with Crippen molar-refractivity contribution in [2.24, 2.45) is 5.92 Å². The largest absolute Gasteiger partial charge is 0.390 e. The van der Waals surface area contributed by atoms with Gasteiger partial charge in [-0.15, -0.1) is 0 Å². The molecule has 1 N–H and O–H groups in total. The van der Waals surface area contributed by atoms with Gasteiger partial charge in [-0.3, -0.25) is 0 Å². The van der Waals surface area contributed by atoms with Crippen molar-refractivity contribution in [1.82, 2.24) is 0 Å². The molecule has 1 aromatic rings. The van der Waals surface area contributed by atoms with E-state index in [4.69, 9.17) is 4.74 Å². The number of hydrogen-bond acceptors (Lipinski definition) is 2. The second-order valence-corrected chi connectivity index (χ2v) is 5.91. The van der Waals surface area contributed by atoms with Crippen LogP contribution in [-0.2, 0) is 4.74 Å². The molecule has 1 aromatic carbocycles. The van der Waals surface area contributed by atoms with Crippen LogP contribution in [0.25, 0.3) is 0 Å². The second kappa shape index (κ2) is 4.79. The molecule has 1 aliphatic carbocycles. The van der Waals surface area contributed by atoms with Crippen molar-refractivity contribution in [2.45, 2.75) is 44.8 Å². The third-order valence-corrected chi connectivity index (χ3v) is 3.25. The molecule has 1 aliphatic rings. The first-order valence-electron chi connectivity index (χ1n) is 6.34. The van der Waals surface area contributed by atoms with Crippen LogP contribution in [0, 0.1) is 5.92 Å². The second-order valence-electron chi connectivity index (χ2n) is 5.91. The summed E-state index contributed by atoms with van der Waals surface area (Å²) >= 11 is 0. The first kappa shape index (κ1) is 12.6. The third kappa shape index (κ3) is 3.55. The van der Waals surface area contributed by atoms with E-state index in [1.807, 2.05) is 26.8 Å². The first-order chi connectivity index (χ1) is 7.97. The summed E-state index contributed by atoms with van der Waals surface area (Å²) in [5.41, 5.74) is 1.17. The highest BCUT2D eigenvalue weighted by Gasteiger charge is 2.43. The zero-order valence-corrected chi connectivity index (χ0v) is 10.9. The zero-order chi connectivity index (χ0) is 12.5. The van der Waals surface area contributed by atoms with Crippen molar-refractivity contribution in [3.8, 4) is 0 Å². The van der Waals surface area contributed by atoms with Gasteiger partial charge in [0.05, 0.1) is 18.3 Å². The fraction of sp³-hybridized carbons (Fsp3) is 0.600. The van der Waals surface area contributed by atoms with Crippen molar-refractivity contribution in [1.29, 1.82) is 0 Å². The summed E-state index contributed by atoms with van der Waals surface area (Å²) < 4.78 is 5.63. The smallest absolute Gasteiger partial charge is 0.0808 e. The van der Waals surface area contributed by atoms with Crippen LogP contribution in [0.5, 0.6) is 0 Å². The first-order valence-corrected chi connectivity index (χ1v) is 6.34. The topological polar surface area (TPSA) is 29.5 Å². The van der Waals surface area contributed by atoms with Crippen molar-refractivity contribution >= 4 is 0 Å². The van der Waals surface area contributed by atoms with E-state index in [0.29, 0.717) is 18.4 Å². The van der Waals surface area contributed by atoms with E-state index in [1.54, 1.807) is 0 Å². The van der Waals surface area contributed by atoms with Gasteiger partial charge in [-0.2, -0.15) is 0 Å². The number of ether oxygens (including phenoxy) is 1. The van der Waals surface area contributed by atoms with E-state index >= 15 is 0 Å². The number of benzene rings is 1. The molecule has 0 bridgehead atoms. The minimum absolute atomic E-state index is 0.169. The van der Waals surface area contributed by atoms with Gasteiger partial charge < -0.3 is 9.84 Å². The highest BCUT2D eigenvalue weighted by Crippen LogP contribution is 2.49. The lowest BCUT2D eigenvalue weighted by Crippen LogP contribution is -2.27. The Bertz CT molecular complexity index is 353. The lowest BCUT2D eigenvalue weighted by Gasteiger charge is -2.22. The monoisotopic (exact) mass is 234 g/mol. The lowest BCUT2D eigenvalue weighted by molar-refractivity contribution is -0.0547. The zero-order valence-electron chi connectivity index (χ0n) is 10.9. The van der Waals surface area contributed by atoms with Gasteiger partial charge in [-0.1, -0.05) is 30.3 Å². The molecule has 2 rings (SSSR count). The van der Waals surface area contributed by atoms with Crippen LogP contribution in [0.4, 0.5) is 0 Å². The molecular formula is C15H22O2. The van der Waals surface area contributed by atoms with Crippen LogP contribution in [0.1, 0.15) is 38.7 Å². The minimum atomic E-state index is -0.334. The van der Waals surface area contributed by atoms with Gasteiger partial charge in [0.1, 0.15) is 0 Å². The number of aliphatic hydroxyl groups is 1. The average molecular weight is 234 g/mol. The van der Waals surface area contributed by atoms with Crippen LogP contribution < -0.4 is 0 Å². The lowest BCUT2D eigenvalue weighted by atomic mass is 10.1.